The highest BCUT2D eigenvalue weighted by atomic mass is 35.5. The van der Waals surface area contributed by atoms with E-state index in [1.165, 1.54) is 0 Å². The predicted octanol–water partition coefficient (Wildman–Crippen LogP) is 2.79. The van der Waals surface area contributed by atoms with E-state index >= 15 is 0 Å². The molecule has 0 aliphatic rings. The molecule has 0 saturated heterocycles. The molecule has 3 nitrogen and oxygen atoms in total. The molecule has 2 rings (SSSR count). The van der Waals surface area contributed by atoms with Crippen molar-refractivity contribution in [2.24, 2.45) is 5.73 Å². The lowest BCUT2D eigenvalue weighted by molar-refractivity contribution is 0.412. The maximum absolute atomic E-state index is 6.15. The fraction of sp³-hybridized carbons (Fsp3) is 0.154. The molecule has 0 aliphatic carbocycles. The Hall–Kier alpha value is -1.58. The predicted molar refractivity (Wildman–Crippen MR) is 68.3 cm³/mol. The standard InChI is InChI=1S/C13H13ClN2O/c1-17-12-6-10(7-16-8-12)13(15)9-3-2-4-11(14)5-9/h2-8,13H,15H2,1H3. The highest BCUT2D eigenvalue weighted by molar-refractivity contribution is 6.30. The maximum Gasteiger partial charge on any atom is 0.137 e. The van der Waals surface area contributed by atoms with Crippen LogP contribution in [-0.4, -0.2) is 12.1 Å². The number of hydrogen-bond donors (Lipinski definition) is 1. The van der Waals surface area contributed by atoms with Crippen LogP contribution in [0.5, 0.6) is 5.75 Å². The second-order valence-electron chi connectivity index (χ2n) is 3.69. The van der Waals surface area contributed by atoms with Gasteiger partial charge in [0, 0.05) is 11.2 Å². The third kappa shape index (κ3) is 2.75. The van der Waals surface area contributed by atoms with Crippen LogP contribution in [0.25, 0.3) is 0 Å². The molecule has 0 saturated carbocycles. The quantitative estimate of drug-likeness (QED) is 0.909. The van der Waals surface area contributed by atoms with E-state index in [-0.39, 0.29) is 6.04 Å². The Morgan fingerprint density at radius 2 is 2.06 bits per heavy atom. The van der Waals surface area contributed by atoms with Gasteiger partial charge in [-0.1, -0.05) is 23.7 Å². The van der Waals surface area contributed by atoms with Crippen molar-refractivity contribution < 1.29 is 4.74 Å². The second kappa shape index (κ2) is 5.17. The van der Waals surface area contributed by atoms with Crippen LogP contribution in [0.15, 0.2) is 42.7 Å². The first kappa shape index (κ1) is 11.9. The zero-order chi connectivity index (χ0) is 12.3. The molecule has 0 fully saturated rings. The molecule has 2 aromatic rings. The van der Waals surface area contributed by atoms with Gasteiger partial charge < -0.3 is 10.5 Å². The van der Waals surface area contributed by atoms with Crippen molar-refractivity contribution in [2.45, 2.75) is 6.04 Å². The summed E-state index contributed by atoms with van der Waals surface area (Å²) in [4.78, 5) is 4.09. The number of ether oxygens (including phenoxy) is 1. The van der Waals surface area contributed by atoms with Gasteiger partial charge in [0.05, 0.1) is 19.3 Å². The van der Waals surface area contributed by atoms with E-state index in [4.69, 9.17) is 22.1 Å². The van der Waals surface area contributed by atoms with Crippen LogP contribution in [0.2, 0.25) is 5.02 Å². The van der Waals surface area contributed by atoms with E-state index in [0.29, 0.717) is 10.8 Å². The number of nitrogens with zero attached hydrogens (tertiary/aromatic N) is 1. The van der Waals surface area contributed by atoms with Gasteiger partial charge in [0.2, 0.25) is 0 Å². The zero-order valence-corrected chi connectivity index (χ0v) is 10.2. The molecule has 2 N–H and O–H groups in total. The minimum atomic E-state index is -0.253. The number of aromatic nitrogens is 1. The van der Waals surface area contributed by atoms with Gasteiger partial charge in [-0.2, -0.15) is 0 Å². The van der Waals surface area contributed by atoms with Crippen molar-refractivity contribution in [2.75, 3.05) is 7.11 Å². The number of nitrogens with two attached hydrogens (primary N) is 1. The molecule has 0 spiro atoms. The summed E-state index contributed by atoms with van der Waals surface area (Å²) in [6.07, 6.45) is 3.38. The average Bonchev–Trinajstić information content (AvgIpc) is 2.38. The Balaban J connectivity index is 2.33. The fourth-order valence-corrected chi connectivity index (χ4v) is 1.81. The molecule has 0 amide bonds. The van der Waals surface area contributed by atoms with Gasteiger partial charge in [-0.15, -0.1) is 0 Å². The highest BCUT2D eigenvalue weighted by Gasteiger charge is 2.10. The number of pyridine rings is 1. The number of methoxy groups -OCH3 is 1. The average molecular weight is 249 g/mol. The summed E-state index contributed by atoms with van der Waals surface area (Å²) in [5.41, 5.74) is 8.00. The summed E-state index contributed by atoms with van der Waals surface area (Å²) >= 11 is 5.94. The molecule has 0 radical (unpaired) electrons. The third-order valence-corrected chi connectivity index (χ3v) is 2.77. The summed E-state index contributed by atoms with van der Waals surface area (Å²) in [5.74, 6) is 0.694. The first-order valence-corrected chi connectivity index (χ1v) is 5.58. The molecule has 1 unspecified atom stereocenters. The van der Waals surface area contributed by atoms with Crippen molar-refractivity contribution in [1.29, 1.82) is 0 Å². The van der Waals surface area contributed by atoms with E-state index < -0.39 is 0 Å². The Morgan fingerprint density at radius 3 is 2.76 bits per heavy atom. The van der Waals surface area contributed by atoms with Crippen LogP contribution in [0, 0.1) is 0 Å². The van der Waals surface area contributed by atoms with Gasteiger partial charge in [0.1, 0.15) is 5.75 Å². The van der Waals surface area contributed by atoms with Crippen molar-refractivity contribution in [1.82, 2.24) is 4.98 Å². The van der Waals surface area contributed by atoms with E-state index in [1.807, 2.05) is 30.3 Å². The van der Waals surface area contributed by atoms with Gasteiger partial charge in [-0.25, -0.2) is 0 Å². The topological polar surface area (TPSA) is 48.1 Å². The summed E-state index contributed by atoms with van der Waals surface area (Å²) in [6, 6.07) is 9.11. The largest absolute Gasteiger partial charge is 0.495 e. The Morgan fingerprint density at radius 1 is 1.24 bits per heavy atom. The smallest absolute Gasteiger partial charge is 0.137 e. The minimum Gasteiger partial charge on any atom is -0.495 e. The normalized spacial score (nSPS) is 12.2. The summed E-state index contributed by atoms with van der Waals surface area (Å²) in [7, 11) is 1.60. The van der Waals surface area contributed by atoms with Crippen molar-refractivity contribution in [3.05, 3.63) is 58.9 Å². The van der Waals surface area contributed by atoms with Crippen molar-refractivity contribution in [3.8, 4) is 5.75 Å². The minimum absolute atomic E-state index is 0.253. The first-order valence-electron chi connectivity index (χ1n) is 5.20. The van der Waals surface area contributed by atoms with E-state index in [0.717, 1.165) is 11.1 Å². The van der Waals surface area contributed by atoms with Crippen LogP contribution in [0.1, 0.15) is 17.2 Å². The van der Waals surface area contributed by atoms with Gasteiger partial charge in [-0.3, -0.25) is 4.98 Å². The monoisotopic (exact) mass is 248 g/mol. The Labute approximate surface area is 105 Å². The van der Waals surface area contributed by atoms with Crippen LogP contribution in [0.3, 0.4) is 0 Å². The van der Waals surface area contributed by atoms with Gasteiger partial charge in [0.25, 0.3) is 0 Å². The molecule has 17 heavy (non-hydrogen) atoms. The molecule has 1 aromatic carbocycles. The zero-order valence-electron chi connectivity index (χ0n) is 9.43. The molecular formula is C13H13ClN2O. The number of halogens is 1. The third-order valence-electron chi connectivity index (χ3n) is 2.54. The Kier molecular flexibility index (Phi) is 3.61. The lowest BCUT2D eigenvalue weighted by Gasteiger charge is -2.13. The van der Waals surface area contributed by atoms with Crippen molar-refractivity contribution >= 4 is 11.6 Å². The second-order valence-corrected chi connectivity index (χ2v) is 4.13. The number of hydrogen-bond acceptors (Lipinski definition) is 3. The van der Waals surface area contributed by atoms with Crippen LogP contribution >= 0.6 is 11.6 Å². The molecule has 0 bridgehead atoms. The van der Waals surface area contributed by atoms with Crippen LogP contribution in [-0.2, 0) is 0 Å². The SMILES string of the molecule is COc1cncc(C(N)c2cccc(Cl)c2)c1. The first-order chi connectivity index (χ1) is 8.20. The van der Waals surface area contributed by atoms with Crippen LogP contribution in [0.4, 0.5) is 0 Å². The molecule has 1 aromatic heterocycles. The molecule has 4 heteroatoms. The van der Waals surface area contributed by atoms with Crippen molar-refractivity contribution in [3.63, 3.8) is 0 Å². The molecular weight excluding hydrogens is 236 g/mol. The van der Waals surface area contributed by atoms with E-state index in [1.54, 1.807) is 19.5 Å². The van der Waals surface area contributed by atoms with Gasteiger partial charge in [-0.05, 0) is 29.3 Å². The van der Waals surface area contributed by atoms with E-state index in [2.05, 4.69) is 4.98 Å². The molecule has 1 heterocycles. The summed E-state index contributed by atoms with van der Waals surface area (Å²) in [6.45, 7) is 0. The highest BCUT2D eigenvalue weighted by Crippen LogP contribution is 2.23. The van der Waals surface area contributed by atoms with E-state index in [9.17, 15) is 0 Å². The fourth-order valence-electron chi connectivity index (χ4n) is 1.61. The lowest BCUT2D eigenvalue weighted by Crippen LogP contribution is -2.12. The van der Waals surface area contributed by atoms with Crippen LogP contribution < -0.4 is 10.5 Å². The maximum atomic E-state index is 6.15. The Bertz CT molecular complexity index is 516. The molecule has 88 valence electrons. The van der Waals surface area contributed by atoms with Gasteiger partial charge in [0.15, 0.2) is 0 Å². The van der Waals surface area contributed by atoms with Gasteiger partial charge >= 0.3 is 0 Å². The number of rotatable bonds is 3. The lowest BCUT2D eigenvalue weighted by atomic mass is 10.0. The molecule has 1 atom stereocenters. The number of benzene rings is 1. The summed E-state index contributed by atoms with van der Waals surface area (Å²) < 4.78 is 5.12. The summed E-state index contributed by atoms with van der Waals surface area (Å²) in [5, 5.41) is 0.675. The molecule has 0 aliphatic heterocycles.